The van der Waals surface area contributed by atoms with Crippen LogP contribution in [0.5, 0.6) is 5.75 Å². The van der Waals surface area contributed by atoms with Crippen LogP contribution in [0.1, 0.15) is 24.8 Å². The van der Waals surface area contributed by atoms with Crippen molar-refractivity contribution in [3.8, 4) is 5.75 Å². The zero-order valence-corrected chi connectivity index (χ0v) is 10.4. The van der Waals surface area contributed by atoms with E-state index in [1.165, 1.54) is 12.0 Å². The average Bonchev–Trinajstić information content (AvgIpc) is 2.90. The van der Waals surface area contributed by atoms with Crippen molar-refractivity contribution in [1.29, 1.82) is 0 Å². The van der Waals surface area contributed by atoms with Crippen LogP contribution in [-0.4, -0.2) is 30.9 Å². The number of nitrogens with one attached hydrogen (secondary N) is 1. The van der Waals surface area contributed by atoms with E-state index in [2.05, 4.69) is 11.4 Å². The maximum Gasteiger partial charge on any atom is 0.119 e. The number of aryl methyl sites for hydroxylation is 1. The van der Waals surface area contributed by atoms with Gasteiger partial charge in [-0.15, -0.1) is 0 Å². The van der Waals surface area contributed by atoms with Gasteiger partial charge in [0.2, 0.25) is 0 Å². The highest BCUT2D eigenvalue weighted by atomic mass is 16.5. The molecule has 1 aliphatic rings. The van der Waals surface area contributed by atoms with Gasteiger partial charge in [-0.25, -0.2) is 0 Å². The third-order valence-electron chi connectivity index (χ3n) is 3.43. The van der Waals surface area contributed by atoms with E-state index in [0.717, 1.165) is 31.6 Å². The van der Waals surface area contributed by atoms with Crippen LogP contribution in [0.25, 0.3) is 0 Å². The molecule has 1 heterocycles. The Bertz CT molecular complexity index is 348. The highest BCUT2D eigenvalue weighted by Crippen LogP contribution is 2.17. The molecule has 1 fully saturated rings. The first-order chi connectivity index (χ1) is 8.29. The second kappa shape index (κ2) is 6.03. The van der Waals surface area contributed by atoms with E-state index < -0.39 is 0 Å². The minimum atomic E-state index is -0.233. The van der Waals surface area contributed by atoms with Gasteiger partial charge in [0.15, 0.2) is 0 Å². The fourth-order valence-corrected chi connectivity index (χ4v) is 2.38. The maximum atomic E-state index is 10.0. The summed E-state index contributed by atoms with van der Waals surface area (Å²) in [6.45, 7) is 1.04. The highest BCUT2D eigenvalue weighted by Gasteiger charge is 2.21. The molecule has 0 saturated carbocycles. The van der Waals surface area contributed by atoms with E-state index >= 15 is 0 Å². The molecule has 2 N–H and O–H groups in total. The molecular weight excluding hydrogens is 214 g/mol. The Morgan fingerprint density at radius 3 is 3.12 bits per heavy atom. The lowest BCUT2D eigenvalue weighted by Gasteiger charge is -2.18. The predicted molar refractivity (Wildman–Crippen MR) is 68.3 cm³/mol. The lowest BCUT2D eigenvalue weighted by Crippen LogP contribution is -2.34. The molecule has 1 saturated heterocycles. The SMILES string of the molecule is COc1cccc(CCC(O)C2CCCN2)c1. The molecular formula is C14H21NO2. The van der Waals surface area contributed by atoms with Gasteiger partial charge >= 0.3 is 0 Å². The van der Waals surface area contributed by atoms with Crippen molar-refractivity contribution in [3.05, 3.63) is 29.8 Å². The molecule has 3 heteroatoms. The summed E-state index contributed by atoms with van der Waals surface area (Å²) in [5.74, 6) is 0.885. The lowest BCUT2D eigenvalue weighted by atomic mass is 10.0. The summed E-state index contributed by atoms with van der Waals surface area (Å²) in [6, 6.07) is 8.35. The molecule has 17 heavy (non-hydrogen) atoms. The Balaban J connectivity index is 1.83. The standard InChI is InChI=1S/C14H21NO2/c1-17-12-5-2-4-11(10-12)7-8-14(16)13-6-3-9-15-13/h2,4-5,10,13-16H,3,6-9H2,1H3. The van der Waals surface area contributed by atoms with Crippen LogP contribution in [0, 0.1) is 0 Å². The van der Waals surface area contributed by atoms with Crippen molar-refractivity contribution in [2.45, 2.75) is 37.8 Å². The van der Waals surface area contributed by atoms with Crippen molar-refractivity contribution in [3.63, 3.8) is 0 Å². The van der Waals surface area contributed by atoms with Crippen LogP contribution < -0.4 is 10.1 Å². The first kappa shape index (κ1) is 12.4. The summed E-state index contributed by atoms with van der Waals surface area (Å²) >= 11 is 0. The minimum absolute atomic E-state index is 0.233. The normalized spacial score (nSPS) is 21.4. The smallest absolute Gasteiger partial charge is 0.119 e. The van der Waals surface area contributed by atoms with Gasteiger partial charge in [0.1, 0.15) is 5.75 Å². The second-order valence-corrected chi connectivity index (χ2v) is 4.66. The first-order valence-corrected chi connectivity index (χ1v) is 6.34. The molecule has 0 radical (unpaired) electrons. The number of ether oxygens (including phenoxy) is 1. The second-order valence-electron chi connectivity index (χ2n) is 4.66. The van der Waals surface area contributed by atoms with Gasteiger partial charge < -0.3 is 15.2 Å². The topological polar surface area (TPSA) is 41.5 Å². The fourth-order valence-electron chi connectivity index (χ4n) is 2.38. The van der Waals surface area contributed by atoms with Gasteiger partial charge in [0.05, 0.1) is 13.2 Å². The zero-order chi connectivity index (χ0) is 12.1. The molecule has 1 aromatic rings. The number of aliphatic hydroxyl groups is 1. The molecule has 3 nitrogen and oxygen atoms in total. The van der Waals surface area contributed by atoms with Crippen LogP contribution in [0.15, 0.2) is 24.3 Å². The highest BCUT2D eigenvalue weighted by molar-refractivity contribution is 5.28. The third kappa shape index (κ3) is 3.45. The molecule has 0 spiro atoms. The van der Waals surface area contributed by atoms with Crippen LogP contribution >= 0.6 is 0 Å². The van der Waals surface area contributed by atoms with E-state index in [0.29, 0.717) is 6.04 Å². The molecule has 2 unspecified atom stereocenters. The van der Waals surface area contributed by atoms with Crippen LogP contribution in [0.2, 0.25) is 0 Å². The first-order valence-electron chi connectivity index (χ1n) is 6.34. The van der Waals surface area contributed by atoms with Gasteiger partial charge in [-0.2, -0.15) is 0 Å². The van der Waals surface area contributed by atoms with E-state index in [1.54, 1.807) is 7.11 Å². The summed E-state index contributed by atoms with van der Waals surface area (Å²) in [4.78, 5) is 0. The van der Waals surface area contributed by atoms with Gasteiger partial charge in [0.25, 0.3) is 0 Å². The van der Waals surface area contributed by atoms with Gasteiger partial charge in [0, 0.05) is 6.04 Å². The largest absolute Gasteiger partial charge is 0.497 e. The Hall–Kier alpha value is -1.06. The number of methoxy groups -OCH3 is 1. The summed E-state index contributed by atoms with van der Waals surface area (Å²) < 4.78 is 5.19. The van der Waals surface area contributed by atoms with E-state index in [-0.39, 0.29) is 6.10 Å². The molecule has 0 amide bonds. The van der Waals surface area contributed by atoms with E-state index in [1.807, 2.05) is 18.2 Å². The Morgan fingerprint density at radius 2 is 2.41 bits per heavy atom. The van der Waals surface area contributed by atoms with Crippen LogP contribution in [-0.2, 0) is 6.42 Å². The third-order valence-corrected chi connectivity index (χ3v) is 3.43. The number of aliphatic hydroxyl groups excluding tert-OH is 1. The summed E-state index contributed by atoms with van der Waals surface area (Å²) in [6.07, 6.45) is 3.75. The van der Waals surface area contributed by atoms with Crippen molar-refractivity contribution in [2.75, 3.05) is 13.7 Å². The molecule has 2 rings (SSSR count). The summed E-state index contributed by atoms with van der Waals surface area (Å²) in [5.41, 5.74) is 1.22. The minimum Gasteiger partial charge on any atom is -0.497 e. The molecule has 1 aliphatic heterocycles. The Labute approximate surface area is 103 Å². The van der Waals surface area contributed by atoms with Crippen molar-refractivity contribution in [1.82, 2.24) is 5.32 Å². The van der Waals surface area contributed by atoms with Gasteiger partial charge in [-0.05, 0) is 49.9 Å². The monoisotopic (exact) mass is 235 g/mol. The van der Waals surface area contributed by atoms with Crippen LogP contribution in [0.4, 0.5) is 0 Å². The van der Waals surface area contributed by atoms with Crippen molar-refractivity contribution in [2.24, 2.45) is 0 Å². The molecule has 0 bridgehead atoms. The fraction of sp³-hybridized carbons (Fsp3) is 0.571. The van der Waals surface area contributed by atoms with Crippen molar-refractivity contribution < 1.29 is 9.84 Å². The molecule has 0 aromatic heterocycles. The lowest BCUT2D eigenvalue weighted by molar-refractivity contribution is 0.127. The van der Waals surface area contributed by atoms with E-state index in [9.17, 15) is 5.11 Å². The quantitative estimate of drug-likeness (QED) is 0.817. The summed E-state index contributed by atoms with van der Waals surface area (Å²) in [7, 11) is 1.68. The van der Waals surface area contributed by atoms with Gasteiger partial charge in [-0.1, -0.05) is 12.1 Å². The molecule has 1 aromatic carbocycles. The number of rotatable bonds is 5. The maximum absolute atomic E-state index is 10.0. The van der Waals surface area contributed by atoms with Gasteiger partial charge in [-0.3, -0.25) is 0 Å². The summed E-state index contributed by atoms with van der Waals surface area (Å²) in [5, 5.41) is 13.4. The number of hydrogen-bond donors (Lipinski definition) is 2. The van der Waals surface area contributed by atoms with E-state index in [4.69, 9.17) is 4.74 Å². The predicted octanol–water partition coefficient (Wildman–Crippen LogP) is 1.74. The molecule has 94 valence electrons. The number of benzene rings is 1. The Kier molecular flexibility index (Phi) is 4.40. The van der Waals surface area contributed by atoms with Crippen molar-refractivity contribution >= 4 is 0 Å². The zero-order valence-electron chi connectivity index (χ0n) is 10.4. The van der Waals surface area contributed by atoms with Crippen LogP contribution in [0.3, 0.4) is 0 Å². The Morgan fingerprint density at radius 1 is 1.53 bits per heavy atom. The molecule has 0 aliphatic carbocycles. The molecule has 2 atom stereocenters. The average molecular weight is 235 g/mol. The number of hydrogen-bond acceptors (Lipinski definition) is 3.